The number of carbonyl (C=O) groups excluding carboxylic acids is 3. The number of thioether (sulfide) groups is 1. The Kier molecular flexibility index (Phi) is 7.92. The summed E-state index contributed by atoms with van der Waals surface area (Å²) in [6.07, 6.45) is 0. The predicted octanol–water partition coefficient (Wildman–Crippen LogP) is 6.20. The molecule has 0 radical (unpaired) electrons. The van der Waals surface area contributed by atoms with Gasteiger partial charge in [-0.2, -0.15) is 0 Å². The number of non-ortho nitro benzene ring substituents is 1. The molecule has 3 amide bonds. The molecule has 13 heteroatoms. The summed E-state index contributed by atoms with van der Waals surface area (Å²) in [4.78, 5) is 66.4. The van der Waals surface area contributed by atoms with Crippen LogP contribution in [0.25, 0.3) is 0 Å². The molecule has 3 aromatic carbocycles. The minimum atomic E-state index is -0.882. The monoisotopic (exact) mass is 662 g/mol. The molecule has 2 aliphatic rings. The highest BCUT2D eigenvalue weighted by Crippen LogP contribution is 2.54. The lowest BCUT2D eigenvalue weighted by Gasteiger charge is -2.31. The van der Waals surface area contributed by atoms with Gasteiger partial charge in [0.1, 0.15) is 11.8 Å². The maximum Gasteiger partial charge on any atom is 0.308 e. The number of nitrogens with one attached hydrogen (secondary N) is 1. The van der Waals surface area contributed by atoms with Gasteiger partial charge in [-0.1, -0.05) is 79.7 Å². The maximum absolute atomic E-state index is 14.1. The molecule has 3 atom stereocenters. The van der Waals surface area contributed by atoms with Crippen molar-refractivity contribution in [2.75, 3.05) is 10.2 Å². The van der Waals surface area contributed by atoms with Gasteiger partial charge in [0.25, 0.3) is 5.69 Å². The molecule has 45 heavy (non-hydrogen) atoms. The molecule has 2 aliphatic heterocycles. The molecule has 10 nitrogen and oxygen atoms in total. The summed E-state index contributed by atoms with van der Waals surface area (Å²) in [7, 11) is 0. The first-order chi connectivity index (χ1) is 21.3. The third kappa shape index (κ3) is 5.69. The van der Waals surface area contributed by atoms with Gasteiger partial charge in [-0.15, -0.1) is 0 Å². The third-order valence-corrected chi connectivity index (χ3v) is 10.8. The van der Waals surface area contributed by atoms with E-state index in [9.17, 15) is 29.3 Å². The zero-order valence-corrected chi connectivity index (χ0v) is 26.7. The van der Waals surface area contributed by atoms with Crippen molar-refractivity contribution in [1.82, 2.24) is 4.57 Å². The third-order valence-electron chi connectivity index (χ3n) is 7.93. The fourth-order valence-electron chi connectivity index (χ4n) is 5.66. The summed E-state index contributed by atoms with van der Waals surface area (Å²) in [6.45, 7) is 5.99. The minimum Gasteiger partial charge on any atom is -0.325 e. The molecule has 1 saturated heterocycles. The molecule has 4 aromatic rings. The number of aromatic nitrogens is 1. The van der Waals surface area contributed by atoms with Crippen molar-refractivity contribution < 1.29 is 19.3 Å². The highest BCUT2D eigenvalue weighted by molar-refractivity contribution is 8.00. The largest absolute Gasteiger partial charge is 0.325 e. The number of nitro groups is 1. The van der Waals surface area contributed by atoms with Crippen LogP contribution in [0.15, 0.2) is 82.6 Å². The van der Waals surface area contributed by atoms with E-state index in [1.165, 1.54) is 28.8 Å². The molecular formula is C32H27ClN4O6S2. The van der Waals surface area contributed by atoms with E-state index in [1.807, 2.05) is 24.3 Å². The van der Waals surface area contributed by atoms with E-state index < -0.39 is 39.7 Å². The maximum atomic E-state index is 14.1. The summed E-state index contributed by atoms with van der Waals surface area (Å²) in [6, 6.07) is 19.7. The van der Waals surface area contributed by atoms with Gasteiger partial charge in [0.05, 0.1) is 21.6 Å². The number of imide groups is 1. The van der Waals surface area contributed by atoms with Crippen LogP contribution < -0.4 is 15.1 Å². The lowest BCUT2D eigenvalue weighted by molar-refractivity contribution is -0.384. The van der Waals surface area contributed by atoms with E-state index in [0.717, 1.165) is 39.1 Å². The summed E-state index contributed by atoms with van der Waals surface area (Å²) < 4.78 is 1.36. The van der Waals surface area contributed by atoms with Crippen LogP contribution in [0.5, 0.6) is 0 Å². The number of amides is 3. The number of anilines is 2. The van der Waals surface area contributed by atoms with E-state index in [-0.39, 0.29) is 28.2 Å². The van der Waals surface area contributed by atoms with Gasteiger partial charge in [0.2, 0.25) is 17.7 Å². The summed E-state index contributed by atoms with van der Waals surface area (Å²) in [5, 5.41) is 14.1. The van der Waals surface area contributed by atoms with Gasteiger partial charge in [-0.25, -0.2) is 4.90 Å². The number of hydrogen-bond donors (Lipinski definition) is 1. The summed E-state index contributed by atoms with van der Waals surface area (Å²) in [5.74, 6) is -2.83. The first-order valence-electron chi connectivity index (χ1n) is 14.0. The normalized spacial score (nSPS) is 19.3. The van der Waals surface area contributed by atoms with Crippen LogP contribution in [0.3, 0.4) is 0 Å². The first-order valence-corrected chi connectivity index (χ1v) is 16.1. The Balaban J connectivity index is 1.41. The smallest absolute Gasteiger partial charge is 0.308 e. The second-order valence-corrected chi connectivity index (χ2v) is 14.4. The van der Waals surface area contributed by atoms with Gasteiger partial charge in [0, 0.05) is 33.6 Å². The molecule has 0 spiro atoms. The van der Waals surface area contributed by atoms with Crippen LogP contribution in [0, 0.1) is 16.0 Å². The quantitative estimate of drug-likeness (QED) is 0.148. The Bertz CT molecular complexity index is 1900. The average Bonchev–Trinajstić information content (AvgIpc) is 3.44. The van der Waals surface area contributed by atoms with Crippen molar-refractivity contribution in [2.45, 2.75) is 48.9 Å². The summed E-state index contributed by atoms with van der Waals surface area (Å²) >= 11 is 8.02. The number of hydrogen-bond acceptors (Lipinski definition) is 8. The average molecular weight is 663 g/mol. The van der Waals surface area contributed by atoms with Crippen LogP contribution in [0.2, 0.25) is 5.02 Å². The Morgan fingerprint density at radius 2 is 1.60 bits per heavy atom. The standard InChI is InChI=1S/C32H27ClN4O6S2/c1-32(2,3)18-6-4-17(5-7-18)24-25-26(29(40)36(28(25)39)21-12-14-22(15-13-21)37(42)43)44-30-27(24)45-31(41)35(30)16-23(38)34-20-10-8-19(33)9-11-20/h4-15,24-26H,16H2,1-3H3,(H,34,38)/t24-,25+,26-/m0/s1. The van der Waals surface area contributed by atoms with Crippen molar-refractivity contribution in [3.05, 3.63) is 114 Å². The minimum absolute atomic E-state index is 0.119. The zero-order chi connectivity index (χ0) is 32.2. The number of benzene rings is 3. The fourth-order valence-corrected chi connectivity index (χ4v) is 8.56. The Morgan fingerprint density at radius 3 is 2.20 bits per heavy atom. The van der Waals surface area contributed by atoms with Gasteiger partial charge in [-0.05, 0) is 52.9 Å². The van der Waals surface area contributed by atoms with Crippen molar-refractivity contribution in [2.24, 2.45) is 5.92 Å². The predicted molar refractivity (Wildman–Crippen MR) is 174 cm³/mol. The fraction of sp³-hybridized carbons (Fsp3) is 0.250. The zero-order valence-electron chi connectivity index (χ0n) is 24.4. The second-order valence-electron chi connectivity index (χ2n) is 11.9. The number of carbonyl (C=O) groups is 3. The Labute approximate surface area is 271 Å². The van der Waals surface area contributed by atoms with Crippen LogP contribution >= 0.6 is 34.7 Å². The van der Waals surface area contributed by atoms with Crippen molar-refractivity contribution in [1.29, 1.82) is 0 Å². The van der Waals surface area contributed by atoms with Crippen molar-refractivity contribution in [3.63, 3.8) is 0 Å². The van der Waals surface area contributed by atoms with Gasteiger partial charge < -0.3 is 5.32 Å². The molecule has 0 unspecified atom stereocenters. The topological polar surface area (TPSA) is 132 Å². The van der Waals surface area contributed by atoms with Gasteiger partial charge in [-0.3, -0.25) is 33.9 Å². The molecule has 230 valence electrons. The molecule has 1 N–H and O–H groups in total. The van der Waals surface area contributed by atoms with E-state index >= 15 is 0 Å². The lowest BCUT2D eigenvalue weighted by atomic mass is 9.81. The van der Waals surface area contributed by atoms with Crippen LogP contribution in [-0.4, -0.2) is 32.5 Å². The molecular weight excluding hydrogens is 636 g/mol. The number of thiazole rings is 1. The van der Waals surface area contributed by atoms with Gasteiger partial charge >= 0.3 is 4.87 Å². The van der Waals surface area contributed by atoms with Crippen molar-refractivity contribution in [3.8, 4) is 0 Å². The molecule has 0 saturated carbocycles. The first kappa shape index (κ1) is 30.8. The lowest BCUT2D eigenvalue weighted by Crippen LogP contribution is -2.33. The second kappa shape index (κ2) is 11.6. The number of nitro benzene ring substituents is 1. The molecule has 3 heterocycles. The number of rotatable bonds is 6. The van der Waals surface area contributed by atoms with E-state index in [4.69, 9.17) is 11.6 Å². The molecule has 0 aliphatic carbocycles. The number of halogens is 1. The Hall–Kier alpha value is -4.26. The van der Waals surface area contributed by atoms with E-state index in [2.05, 4.69) is 26.1 Å². The van der Waals surface area contributed by atoms with Crippen molar-refractivity contribution >= 4 is 69.5 Å². The van der Waals surface area contributed by atoms with Gasteiger partial charge in [0.15, 0.2) is 0 Å². The SMILES string of the molecule is CC(C)(C)c1ccc([C@@H]2c3sc(=O)n(CC(=O)Nc4ccc(Cl)cc4)c3S[C@@H]3C(=O)N(c4ccc([N+](=O)[O-])cc4)C(=O)[C@H]23)cc1. The number of fused-ring (bicyclic) bond motifs is 2. The highest BCUT2D eigenvalue weighted by atomic mass is 35.5. The summed E-state index contributed by atoms with van der Waals surface area (Å²) in [5.41, 5.74) is 2.32. The molecule has 6 rings (SSSR count). The highest BCUT2D eigenvalue weighted by Gasteiger charge is 2.56. The van der Waals surface area contributed by atoms with Crippen LogP contribution in [0.4, 0.5) is 17.1 Å². The number of nitrogens with zero attached hydrogens (tertiary/aromatic N) is 3. The van der Waals surface area contributed by atoms with Crippen LogP contribution in [-0.2, 0) is 26.3 Å². The molecule has 0 bridgehead atoms. The molecule has 1 aromatic heterocycles. The van der Waals surface area contributed by atoms with Crippen LogP contribution in [0.1, 0.15) is 42.7 Å². The molecule has 1 fully saturated rings. The van der Waals surface area contributed by atoms with E-state index in [0.29, 0.717) is 20.6 Å². The van der Waals surface area contributed by atoms with E-state index in [1.54, 1.807) is 24.3 Å². The Morgan fingerprint density at radius 1 is 0.956 bits per heavy atom.